The van der Waals surface area contributed by atoms with Gasteiger partial charge >= 0.3 is 5.97 Å². The summed E-state index contributed by atoms with van der Waals surface area (Å²) < 4.78 is 23.0. The van der Waals surface area contributed by atoms with Crippen molar-refractivity contribution < 1.29 is 44.2 Å². The lowest BCUT2D eigenvalue weighted by molar-refractivity contribution is -0.305. The van der Waals surface area contributed by atoms with Gasteiger partial charge in [-0.3, -0.25) is 4.79 Å². The van der Waals surface area contributed by atoms with Gasteiger partial charge in [-0.15, -0.1) is 0 Å². The van der Waals surface area contributed by atoms with Gasteiger partial charge in [0.05, 0.1) is 19.8 Å². The minimum Gasteiger partial charge on any atom is -0.457 e. The van der Waals surface area contributed by atoms with Crippen LogP contribution in [0.15, 0.2) is 24.3 Å². The van der Waals surface area contributed by atoms with Crippen LogP contribution in [0.3, 0.4) is 0 Å². The van der Waals surface area contributed by atoms with Crippen LogP contribution in [-0.2, 0) is 23.7 Å². The summed E-state index contributed by atoms with van der Waals surface area (Å²) in [5.41, 5.74) is 0. The van der Waals surface area contributed by atoms with Crippen molar-refractivity contribution in [3.8, 4) is 0 Å². The van der Waals surface area contributed by atoms with Crippen LogP contribution in [0.4, 0.5) is 0 Å². The van der Waals surface area contributed by atoms with Gasteiger partial charge < -0.3 is 39.4 Å². The van der Waals surface area contributed by atoms with Gasteiger partial charge in [-0.25, -0.2) is 0 Å². The van der Waals surface area contributed by atoms with E-state index in [-0.39, 0.29) is 19.2 Å². The third-order valence-corrected chi connectivity index (χ3v) is 13.1. The third-order valence-electron chi connectivity index (χ3n) is 13.1. The van der Waals surface area contributed by atoms with E-state index in [9.17, 15) is 25.2 Å². The van der Waals surface area contributed by atoms with Gasteiger partial charge in [-0.2, -0.15) is 0 Å². The lowest BCUT2D eigenvalue weighted by atomic mass is 9.99. The smallest absolute Gasteiger partial charge is 0.306 e. The lowest BCUT2D eigenvalue weighted by Gasteiger charge is -2.39. The minimum atomic E-state index is -1.54. The second-order valence-electron chi connectivity index (χ2n) is 19.4. The molecule has 1 fully saturated rings. The number of rotatable bonds is 49. The van der Waals surface area contributed by atoms with Crippen molar-refractivity contribution in [3.63, 3.8) is 0 Å². The second-order valence-corrected chi connectivity index (χ2v) is 19.4. The quantitative estimate of drug-likeness (QED) is 0.0267. The number of unbranched alkanes of at least 4 members (excludes halogenated alkanes) is 34. The fraction of sp³-hybridized carbons (Fsp3) is 0.911. The molecular weight excluding hydrogens is 817 g/mol. The van der Waals surface area contributed by atoms with E-state index in [1.54, 1.807) is 0 Å². The Morgan fingerprint density at radius 2 is 0.892 bits per heavy atom. The summed E-state index contributed by atoms with van der Waals surface area (Å²) in [5.74, 6) is -0.312. The predicted octanol–water partition coefficient (Wildman–Crippen LogP) is 14.1. The number of carbonyl (C=O) groups is 1. The highest BCUT2D eigenvalue weighted by Gasteiger charge is 2.44. The summed E-state index contributed by atoms with van der Waals surface area (Å²) >= 11 is 0. The van der Waals surface area contributed by atoms with Crippen LogP contribution in [-0.4, -0.2) is 89.6 Å². The Morgan fingerprint density at radius 3 is 1.32 bits per heavy atom. The molecule has 9 nitrogen and oxygen atoms in total. The van der Waals surface area contributed by atoms with E-state index in [1.165, 1.54) is 205 Å². The molecule has 6 atom stereocenters. The van der Waals surface area contributed by atoms with Crippen molar-refractivity contribution in [3.05, 3.63) is 24.3 Å². The molecule has 0 bridgehead atoms. The molecule has 65 heavy (non-hydrogen) atoms. The number of hydrogen-bond donors (Lipinski definition) is 4. The van der Waals surface area contributed by atoms with E-state index in [0.717, 1.165) is 38.5 Å². The van der Waals surface area contributed by atoms with Gasteiger partial charge in [0.2, 0.25) is 0 Å². The Morgan fingerprint density at radius 1 is 0.492 bits per heavy atom. The van der Waals surface area contributed by atoms with Crippen LogP contribution >= 0.6 is 0 Å². The molecule has 0 aromatic carbocycles. The van der Waals surface area contributed by atoms with Crippen molar-refractivity contribution in [1.29, 1.82) is 0 Å². The maximum Gasteiger partial charge on any atom is 0.306 e. The van der Waals surface area contributed by atoms with E-state index in [1.807, 2.05) is 0 Å². The molecule has 0 spiro atoms. The van der Waals surface area contributed by atoms with Crippen molar-refractivity contribution in [2.24, 2.45) is 0 Å². The normalized spacial score (nSPS) is 19.5. The Labute approximate surface area is 400 Å². The maximum absolute atomic E-state index is 12.9. The monoisotopic (exact) mass is 923 g/mol. The van der Waals surface area contributed by atoms with Crippen molar-refractivity contribution in [2.75, 3.05) is 26.4 Å². The number of ether oxygens (including phenoxy) is 4. The van der Waals surface area contributed by atoms with Gasteiger partial charge in [0.25, 0.3) is 0 Å². The first-order valence-electron chi connectivity index (χ1n) is 27.9. The number of carbonyl (C=O) groups excluding carboxylic acids is 1. The summed E-state index contributed by atoms with van der Waals surface area (Å²) in [5, 5.41) is 40.3. The van der Waals surface area contributed by atoms with Crippen molar-refractivity contribution >= 4 is 5.97 Å². The molecule has 0 aromatic heterocycles. The lowest BCUT2D eigenvalue weighted by Crippen LogP contribution is -2.59. The number of aliphatic hydroxyl groups is 4. The molecule has 0 amide bonds. The molecule has 9 heteroatoms. The van der Waals surface area contributed by atoms with Crippen molar-refractivity contribution in [1.82, 2.24) is 0 Å². The van der Waals surface area contributed by atoms with E-state index in [0.29, 0.717) is 13.0 Å². The Hall–Kier alpha value is -1.33. The van der Waals surface area contributed by atoms with Crippen LogP contribution in [0, 0.1) is 0 Å². The van der Waals surface area contributed by atoms with Crippen LogP contribution in [0.25, 0.3) is 0 Å². The van der Waals surface area contributed by atoms with E-state index >= 15 is 0 Å². The zero-order chi connectivity index (χ0) is 47.1. The fourth-order valence-corrected chi connectivity index (χ4v) is 8.76. The van der Waals surface area contributed by atoms with Gasteiger partial charge in [0.1, 0.15) is 30.5 Å². The molecule has 0 radical (unpaired) electrons. The Kier molecular flexibility index (Phi) is 45.3. The largest absolute Gasteiger partial charge is 0.457 e. The minimum absolute atomic E-state index is 0.110. The Balaban J connectivity index is 2.16. The molecule has 1 heterocycles. The topological polar surface area (TPSA) is 135 Å². The second kappa shape index (κ2) is 47.7. The number of hydrogen-bond acceptors (Lipinski definition) is 9. The molecule has 1 aliphatic rings. The standard InChI is InChI=1S/C56H106O9/c1-3-5-7-9-11-13-15-17-19-21-23-25-27-29-31-33-35-37-39-41-43-45-52(58)64-50(49-63-56-55(61)54(60)53(59)51(47-57)65-56)48-62-46-44-42-40-38-36-34-32-30-28-26-24-22-20-18-16-14-12-10-8-6-4-2/h15,17,21,23,50-51,53-57,59-61H,3-14,16,18-20,22,24-49H2,1-2H3/b17-15-,23-21-. The summed E-state index contributed by atoms with van der Waals surface area (Å²) in [4.78, 5) is 12.9. The zero-order valence-electron chi connectivity index (χ0n) is 42.5. The highest BCUT2D eigenvalue weighted by molar-refractivity contribution is 5.69. The summed E-state index contributed by atoms with van der Waals surface area (Å²) in [6, 6.07) is 0. The van der Waals surface area contributed by atoms with Crippen LogP contribution in [0.5, 0.6) is 0 Å². The van der Waals surface area contributed by atoms with Gasteiger partial charge in [-0.05, 0) is 44.9 Å². The van der Waals surface area contributed by atoms with Crippen LogP contribution < -0.4 is 0 Å². The first kappa shape index (κ1) is 61.7. The predicted molar refractivity (Wildman–Crippen MR) is 270 cm³/mol. The molecule has 4 N–H and O–H groups in total. The number of aliphatic hydroxyl groups excluding tert-OH is 4. The summed E-state index contributed by atoms with van der Waals surface area (Å²) in [7, 11) is 0. The molecule has 1 saturated heterocycles. The van der Waals surface area contributed by atoms with Gasteiger partial charge in [0.15, 0.2) is 6.29 Å². The average Bonchev–Trinajstić information content (AvgIpc) is 3.31. The highest BCUT2D eigenvalue weighted by Crippen LogP contribution is 2.23. The number of esters is 1. The highest BCUT2D eigenvalue weighted by atomic mass is 16.7. The first-order chi connectivity index (χ1) is 31.9. The molecule has 6 unspecified atom stereocenters. The zero-order valence-corrected chi connectivity index (χ0v) is 42.5. The SMILES string of the molecule is CCCCCCC/C=C\C/C=C\CCCCCCCCCCCC(=O)OC(COCCCCCCCCCCCCCCCCCCCCCCC)COC1OC(CO)C(O)C(O)C1O. The summed E-state index contributed by atoms with van der Waals surface area (Å²) in [6.45, 7) is 4.60. The molecule has 1 aliphatic heterocycles. The maximum atomic E-state index is 12.9. The molecule has 0 saturated carbocycles. The molecule has 384 valence electrons. The van der Waals surface area contributed by atoms with Crippen LogP contribution in [0.1, 0.15) is 264 Å². The first-order valence-corrected chi connectivity index (χ1v) is 27.9. The van der Waals surface area contributed by atoms with Gasteiger partial charge in [-0.1, -0.05) is 237 Å². The van der Waals surface area contributed by atoms with Gasteiger partial charge in [0, 0.05) is 13.0 Å². The van der Waals surface area contributed by atoms with E-state index in [4.69, 9.17) is 18.9 Å². The van der Waals surface area contributed by atoms with E-state index in [2.05, 4.69) is 38.2 Å². The number of allylic oxidation sites excluding steroid dienone is 4. The summed E-state index contributed by atoms with van der Waals surface area (Å²) in [6.07, 6.45) is 50.7. The van der Waals surface area contributed by atoms with E-state index < -0.39 is 43.4 Å². The third kappa shape index (κ3) is 38.2. The molecule has 1 rings (SSSR count). The van der Waals surface area contributed by atoms with Crippen LogP contribution in [0.2, 0.25) is 0 Å². The molecule has 0 aromatic rings. The van der Waals surface area contributed by atoms with Crippen molar-refractivity contribution in [2.45, 2.75) is 301 Å². The molecular formula is C56H106O9. The fourth-order valence-electron chi connectivity index (χ4n) is 8.76. The molecule has 0 aliphatic carbocycles. The average molecular weight is 923 g/mol. The Bertz CT molecular complexity index is 1050.